The van der Waals surface area contributed by atoms with Crippen molar-refractivity contribution < 1.29 is 14.4 Å². The molecule has 146 valence electrons. The topological polar surface area (TPSA) is 69.7 Å². The van der Waals surface area contributed by atoms with Gasteiger partial charge in [0, 0.05) is 11.4 Å². The number of likely N-dealkylation sites (N-methyl/N-ethyl adjacent to an activating group) is 1. The van der Waals surface area contributed by atoms with Crippen LogP contribution in [-0.4, -0.2) is 40.7 Å². The largest absolute Gasteiger partial charge is 0.336 e. The Morgan fingerprint density at radius 2 is 2.07 bits per heavy atom. The number of carbonyl (C=O) groups is 3. The predicted octanol–water partition coefficient (Wildman–Crippen LogP) is 3.25. The summed E-state index contributed by atoms with van der Waals surface area (Å²) >= 11 is 4.99. The number of halogens is 1. The van der Waals surface area contributed by atoms with Crippen LogP contribution in [-0.2, 0) is 28.1 Å². The Bertz CT molecular complexity index is 960. The summed E-state index contributed by atoms with van der Waals surface area (Å²) in [4.78, 5) is 42.4. The molecule has 1 spiro atoms. The van der Waals surface area contributed by atoms with Crippen LogP contribution < -0.4 is 5.32 Å². The van der Waals surface area contributed by atoms with Crippen molar-refractivity contribution in [1.29, 1.82) is 0 Å². The van der Waals surface area contributed by atoms with E-state index in [-0.39, 0.29) is 18.4 Å². The predicted molar refractivity (Wildman–Crippen MR) is 110 cm³/mol. The van der Waals surface area contributed by atoms with Crippen molar-refractivity contribution in [3.63, 3.8) is 0 Å². The van der Waals surface area contributed by atoms with Gasteiger partial charge in [-0.05, 0) is 59.0 Å². The maximum atomic E-state index is 13.2. The molecule has 1 aliphatic carbocycles. The number of thiophene rings is 1. The van der Waals surface area contributed by atoms with Gasteiger partial charge in [0.1, 0.15) is 12.1 Å². The van der Waals surface area contributed by atoms with Crippen LogP contribution in [0.5, 0.6) is 0 Å². The Labute approximate surface area is 175 Å². The molecule has 1 aromatic carbocycles. The van der Waals surface area contributed by atoms with Crippen molar-refractivity contribution in [1.82, 2.24) is 15.1 Å². The van der Waals surface area contributed by atoms with E-state index < -0.39 is 11.6 Å². The number of amides is 4. The van der Waals surface area contributed by atoms with E-state index in [9.17, 15) is 14.4 Å². The van der Waals surface area contributed by atoms with Crippen LogP contribution in [0.2, 0.25) is 0 Å². The molecule has 0 radical (unpaired) electrons. The summed E-state index contributed by atoms with van der Waals surface area (Å²) in [6, 6.07) is 11.1. The Morgan fingerprint density at radius 1 is 1.29 bits per heavy atom. The number of carbonyl (C=O) groups excluding carboxylic acids is 3. The van der Waals surface area contributed by atoms with E-state index in [4.69, 9.17) is 0 Å². The SMILES string of the molecule is CCN(Cc1ccc(Br)s1)C(=O)CN1C(=O)N[C@@]2(CCc3ccccc32)C1=O. The van der Waals surface area contributed by atoms with Crippen LogP contribution in [0.1, 0.15) is 29.3 Å². The van der Waals surface area contributed by atoms with Crippen molar-refractivity contribution in [3.05, 3.63) is 56.2 Å². The highest BCUT2D eigenvalue weighted by atomic mass is 79.9. The summed E-state index contributed by atoms with van der Waals surface area (Å²) in [5.74, 6) is -0.565. The highest BCUT2D eigenvalue weighted by Gasteiger charge is 2.55. The Morgan fingerprint density at radius 3 is 2.79 bits per heavy atom. The van der Waals surface area contributed by atoms with Crippen LogP contribution in [0.3, 0.4) is 0 Å². The number of hydrogen-bond donors (Lipinski definition) is 1. The zero-order valence-electron chi connectivity index (χ0n) is 15.4. The van der Waals surface area contributed by atoms with E-state index in [0.717, 1.165) is 31.1 Å². The fourth-order valence-corrected chi connectivity index (χ4v) is 5.47. The van der Waals surface area contributed by atoms with Gasteiger partial charge in [-0.25, -0.2) is 4.79 Å². The fourth-order valence-electron chi connectivity index (χ4n) is 3.97. The normalized spacial score (nSPS) is 20.6. The molecule has 1 atom stereocenters. The molecule has 2 aromatic rings. The van der Waals surface area contributed by atoms with Gasteiger partial charge in [0.05, 0.1) is 10.3 Å². The molecule has 0 bridgehead atoms. The first-order chi connectivity index (χ1) is 13.4. The molecule has 4 amide bonds. The molecule has 0 saturated carbocycles. The van der Waals surface area contributed by atoms with Crippen molar-refractivity contribution in [2.45, 2.75) is 31.8 Å². The van der Waals surface area contributed by atoms with Gasteiger partial charge in [-0.2, -0.15) is 0 Å². The minimum atomic E-state index is -1.02. The molecule has 4 rings (SSSR count). The van der Waals surface area contributed by atoms with E-state index in [1.54, 1.807) is 16.2 Å². The Kier molecular flexibility index (Phi) is 5.01. The van der Waals surface area contributed by atoms with Crippen molar-refractivity contribution in [2.24, 2.45) is 0 Å². The van der Waals surface area contributed by atoms with Gasteiger partial charge in [0.15, 0.2) is 0 Å². The lowest BCUT2D eigenvalue weighted by Gasteiger charge is -2.24. The molecular weight excluding hydrogens is 442 g/mol. The Balaban J connectivity index is 1.51. The van der Waals surface area contributed by atoms with Crippen LogP contribution in [0, 0.1) is 0 Å². The zero-order valence-corrected chi connectivity index (χ0v) is 17.8. The van der Waals surface area contributed by atoms with Crippen molar-refractivity contribution >= 4 is 45.1 Å². The summed E-state index contributed by atoms with van der Waals surface area (Å²) in [6.45, 7) is 2.62. The molecule has 1 aromatic heterocycles. The number of imide groups is 1. The summed E-state index contributed by atoms with van der Waals surface area (Å²) in [5.41, 5.74) is 0.894. The first-order valence-corrected chi connectivity index (χ1v) is 10.8. The number of aryl methyl sites for hydroxylation is 1. The van der Waals surface area contributed by atoms with Crippen LogP contribution >= 0.6 is 27.3 Å². The molecule has 6 nitrogen and oxygen atoms in total. The van der Waals surface area contributed by atoms with Gasteiger partial charge in [0.25, 0.3) is 5.91 Å². The van der Waals surface area contributed by atoms with Gasteiger partial charge in [0.2, 0.25) is 5.91 Å². The average Bonchev–Trinajstić information content (AvgIpc) is 3.33. The summed E-state index contributed by atoms with van der Waals surface area (Å²) in [7, 11) is 0. The summed E-state index contributed by atoms with van der Waals surface area (Å²) < 4.78 is 1.00. The quantitative estimate of drug-likeness (QED) is 0.694. The number of urea groups is 1. The second-order valence-electron chi connectivity index (χ2n) is 7.00. The zero-order chi connectivity index (χ0) is 19.9. The molecule has 28 heavy (non-hydrogen) atoms. The molecule has 2 aliphatic rings. The highest BCUT2D eigenvalue weighted by molar-refractivity contribution is 9.11. The van der Waals surface area contributed by atoms with Gasteiger partial charge < -0.3 is 10.2 Å². The first-order valence-electron chi connectivity index (χ1n) is 9.19. The van der Waals surface area contributed by atoms with Crippen LogP contribution in [0.4, 0.5) is 4.79 Å². The van der Waals surface area contributed by atoms with Gasteiger partial charge in [-0.3, -0.25) is 14.5 Å². The molecule has 1 N–H and O–H groups in total. The molecule has 2 heterocycles. The number of nitrogens with zero attached hydrogens (tertiary/aromatic N) is 2. The third kappa shape index (κ3) is 3.14. The lowest BCUT2D eigenvalue weighted by Crippen LogP contribution is -2.44. The smallest absolute Gasteiger partial charge is 0.325 e. The Hall–Kier alpha value is -2.19. The number of hydrogen-bond acceptors (Lipinski definition) is 4. The molecule has 1 saturated heterocycles. The second-order valence-corrected chi connectivity index (χ2v) is 9.55. The standard InChI is InChI=1S/C20H20BrN3O3S/c1-2-23(11-14-7-8-16(21)28-14)17(25)12-24-18(26)20(22-19(24)27)10-9-13-5-3-4-6-15(13)20/h3-8H,2,9-12H2,1H3,(H,22,27)/t20-/m1/s1. The molecular formula is C20H20BrN3O3S. The fraction of sp³-hybridized carbons (Fsp3) is 0.350. The number of rotatable bonds is 5. The molecule has 0 unspecified atom stereocenters. The van der Waals surface area contributed by atoms with Crippen LogP contribution in [0.25, 0.3) is 0 Å². The number of benzene rings is 1. The summed E-state index contributed by atoms with van der Waals surface area (Å²) in [6.07, 6.45) is 1.26. The minimum absolute atomic E-state index is 0.237. The van der Waals surface area contributed by atoms with Gasteiger partial charge in [-0.15, -0.1) is 11.3 Å². The third-order valence-corrected chi connectivity index (χ3v) is 7.03. The average molecular weight is 462 g/mol. The van der Waals surface area contributed by atoms with Gasteiger partial charge >= 0.3 is 6.03 Å². The lowest BCUT2D eigenvalue weighted by atomic mass is 9.92. The molecule has 8 heteroatoms. The second kappa shape index (κ2) is 7.33. The van der Waals surface area contributed by atoms with E-state index in [1.165, 1.54) is 0 Å². The maximum absolute atomic E-state index is 13.2. The lowest BCUT2D eigenvalue weighted by molar-refractivity contribution is -0.139. The van der Waals surface area contributed by atoms with E-state index >= 15 is 0 Å². The van der Waals surface area contributed by atoms with Crippen molar-refractivity contribution in [2.75, 3.05) is 13.1 Å². The minimum Gasteiger partial charge on any atom is -0.336 e. The number of nitrogens with one attached hydrogen (secondary N) is 1. The van der Waals surface area contributed by atoms with E-state index in [0.29, 0.717) is 19.5 Å². The summed E-state index contributed by atoms with van der Waals surface area (Å²) in [5, 5.41) is 2.86. The monoisotopic (exact) mass is 461 g/mol. The van der Waals surface area contributed by atoms with E-state index in [1.807, 2.05) is 43.3 Å². The third-order valence-electron chi connectivity index (χ3n) is 5.43. The van der Waals surface area contributed by atoms with E-state index in [2.05, 4.69) is 21.2 Å². The van der Waals surface area contributed by atoms with Crippen molar-refractivity contribution in [3.8, 4) is 0 Å². The number of fused-ring (bicyclic) bond motifs is 2. The molecule has 1 aliphatic heterocycles. The first kappa shape index (κ1) is 19.1. The van der Waals surface area contributed by atoms with Gasteiger partial charge in [-0.1, -0.05) is 24.3 Å². The maximum Gasteiger partial charge on any atom is 0.325 e. The highest BCUT2D eigenvalue weighted by Crippen LogP contribution is 2.41. The molecule has 1 fully saturated rings. The van der Waals surface area contributed by atoms with Crippen LogP contribution in [0.15, 0.2) is 40.2 Å².